The van der Waals surface area contributed by atoms with E-state index in [1.807, 2.05) is 44.2 Å². The van der Waals surface area contributed by atoms with E-state index in [9.17, 15) is 14.4 Å². The van der Waals surface area contributed by atoms with Crippen LogP contribution in [0.5, 0.6) is 11.5 Å². The predicted molar refractivity (Wildman–Crippen MR) is 104 cm³/mol. The molecule has 7 heteroatoms. The Morgan fingerprint density at radius 3 is 2.18 bits per heavy atom. The molecule has 2 amide bonds. The second-order valence-corrected chi connectivity index (χ2v) is 6.48. The van der Waals surface area contributed by atoms with Gasteiger partial charge < -0.3 is 20.1 Å². The molecule has 2 aromatic rings. The zero-order valence-electron chi connectivity index (χ0n) is 15.9. The molecule has 0 atom stereocenters. The number of benzene rings is 2. The summed E-state index contributed by atoms with van der Waals surface area (Å²) in [5.41, 5.74) is 0.378. The first-order chi connectivity index (χ1) is 13.4. The molecule has 0 aliphatic carbocycles. The van der Waals surface area contributed by atoms with Crippen LogP contribution in [0.25, 0.3) is 0 Å². The highest BCUT2D eigenvalue weighted by Crippen LogP contribution is 2.21. The van der Waals surface area contributed by atoms with Crippen LogP contribution < -0.4 is 15.4 Å². The van der Waals surface area contributed by atoms with Crippen molar-refractivity contribution in [2.45, 2.75) is 13.8 Å². The molecule has 0 aromatic heterocycles. The smallest absolute Gasteiger partial charge is 0.325 e. The molecular formula is C21H24N2O5. The van der Waals surface area contributed by atoms with E-state index in [1.54, 1.807) is 24.3 Å². The van der Waals surface area contributed by atoms with Crippen LogP contribution in [0.2, 0.25) is 0 Å². The van der Waals surface area contributed by atoms with Gasteiger partial charge >= 0.3 is 5.97 Å². The van der Waals surface area contributed by atoms with Gasteiger partial charge in [0.05, 0.1) is 0 Å². The summed E-state index contributed by atoms with van der Waals surface area (Å²) in [6.45, 7) is 3.74. The van der Waals surface area contributed by atoms with E-state index in [2.05, 4.69) is 10.6 Å². The summed E-state index contributed by atoms with van der Waals surface area (Å²) in [7, 11) is 0. The average Bonchev–Trinajstić information content (AvgIpc) is 2.70. The molecule has 2 rings (SSSR count). The van der Waals surface area contributed by atoms with Gasteiger partial charge in [0.1, 0.15) is 18.0 Å². The lowest BCUT2D eigenvalue weighted by Gasteiger charge is -2.09. The molecule has 0 radical (unpaired) electrons. The maximum atomic E-state index is 12.1. The Kier molecular flexibility index (Phi) is 8.02. The van der Waals surface area contributed by atoms with Crippen LogP contribution in [0.15, 0.2) is 54.6 Å². The Bertz CT molecular complexity index is 788. The number of carbonyl (C=O) groups excluding carboxylic acids is 3. The lowest BCUT2D eigenvalue weighted by atomic mass is 10.2. The molecule has 2 aromatic carbocycles. The van der Waals surface area contributed by atoms with Gasteiger partial charge in [-0.1, -0.05) is 32.0 Å². The molecule has 2 N–H and O–H groups in total. The third-order valence-electron chi connectivity index (χ3n) is 3.56. The molecule has 0 unspecified atom stereocenters. The zero-order chi connectivity index (χ0) is 20.4. The fourth-order valence-corrected chi connectivity index (χ4v) is 2.12. The maximum Gasteiger partial charge on any atom is 0.325 e. The lowest BCUT2D eigenvalue weighted by molar-refractivity contribution is -0.147. The zero-order valence-corrected chi connectivity index (χ0v) is 15.9. The number of ether oxygens (including phenoxy) is 2. The van der Waals surface area contributed by atoms with Crippen molar-refractivity contribution in [3.8, 4) is 11.5 Å². The van der Waals surface area contributed by atoms with E-state index in [0.717, 1.165) is 0 Å². The third-order valence-corrected chi connectivity index (χ3v) is 3.56. The minimum atomic E-state index is -0.683. The molecule has 0 heterocycles. The van der Waals surface area contributed by atoms with Crippen LogP contribution in [0.3, 0.4) is 0 Å². The van der Waals surface area contributed by atoms with Crippen molar-refractivity contribution in [2.24, 2.45) is 5.92 Å². The molecule has 0 fully saturated rings. The number of nitrogens with one attached hydrogen (secondary N) is 2. The van der Waals surface area contributed by atoms with Gasteiger partial charge in [0.2, 0.25) is 0 Å². The summed E-state index contributed by atoms with van der Waals surface area (Å²) < 4.78 is 10.5. The van der Waals surface area contributed by atoms with E-state index in [1.165, 1.54) is 0 Å². The van der Waals surface area contributed by atoms with Crippen molar-refractivity contribution in [3.63, 3.8) is 0 Å². The second kappa shape index (κ2) is 10.7. The highest BCUT2D eigenvalue weighted by Gasteiger charge is 2.11. The summed E-state index contributed by atoms with van der Waals surface area (Å²) in [5.74, 6) is 0.116. The van der Waals surface area contributed by atoms with E-state index < -0.39 is 11.9 Å². The number of hydrogen-bond acceptors (Lipinski definition) is 5. The molecule has 0 bridgehead atoms. The maximum absolute atomic E-state index is 12.1. The van der Waals surface area contributed by atoms with Crippen LogP contribution in [-0.4, -0.2) is 37.5 Å². The van der Waals surface area contributed by atoms with E-state index in [4.69, 9.17) is 9.47 Å². The Morgan fingerprint density at radius 2 is 1.54 bits per heavy atom. The molecule has 0 aliphatic rings. The summed E-state index contributed by atoms with van der Waals surface area (Å²) in [6.07, 6.45) is 0. The van der Waals surface area contributed by atoms with Crippen molar-refractivity contribution < 1.29 is 23.9 Å². The van der Waals surface area contributed by atoms with Crippen molar-refractivity contribution in [3.05, 3.63) is 60.2 Å². The normalized spacial score (nSPS) is 10.2. The quantitative estimate of drug-likeness (QED) is 0.648. The summed E-state index contributed by atoms with van der Waals surface area (Å²) in [5, 5.41) is 5.09. The summed E-state index contributed by atoms with van der Waals surface area (Å²) in [6, 6.07) is 15.8. The monoisotopic (exact) mass is 384 g/mol. The number of amides is 2. The predicted octanol–water partition coefficient (Wildman–Crippen LogP) is 2.52. The van der Waals surface area contributed by atoms with Crippen molar-refractivity contribution in [1.29, 1.82) is 0 Å². The Hall–Kier alpha value is -3.35. The molecule has 0 spiro atoms. The van der Waals surface area contributed by atoms with Gasteiger partial charge in [-0.25, -0.2) is 0 Å². The first-order valence-electron chi connectivity index (χ1n) is 8.97. The third kappa shape index (κ3) is 7.49. The Balaban J connectivity index is 1.73. The Morgan fingerprint density at radius 1 is 0.893 bits per heavy atom. The molecule has 7 nitrogen and oxygen atoms in total. The second-order valence-electron chi connectivity index (χ2n) is 6.48. The van der Waals surface area contributed by atoms with Gasteiger partial charge in [0.15, 0.2) is 6.61 Å². The van der Waals surface area contributed by atoms with Crippen LogP contribution >= 0.6 is 0 Å². The highest BCUT2D eigenvalue weighted by molar-refractivity contribution is 5.96. The SMILES string of the molecule is CC(C)CNC(=O)COC(=O)CNC(=O)c1ccc(Oc2ccccc2)cc1. The molecule has 0 saturated heterocycles. The van der Waals surface area contributed by atoms with Crippen molar-refractivity contribution in [1.82, 2.24) is 10.6 Å². The largest absolute Gasteiger partial charge is 0.457 e. The van der Waals surface area contributed by atoms with Gasteiger partial charge in [-0.05, 0) is 42.3 Å². The lowest BCUT2D eigenvalue weighted by Crippen LogP contribution is -2.35. The van der Waals surface area contributed by atoms with Crippen LogP contribution in [0.4, 0.5) is 0 Å². The first kappa shape index (κ1) is 21.0. The molecule has 148 valence electrons. The number of hydrogen-bond donors (Lipinski definition) is 2. The van der Waals surface area contributed by atoms with Crippen LogP contribution in [-0.2, 0) is 14.3 Å². The fourth-order valence-electron chi connectivity index (χ4n) is 2.12. The number of carbonyl (C=O) groups is 3. The number of esters is 1. The van der Waals surface area contributed by atoms with E-state index in [-0.39, 0.29) is 19.1 Å². The average molecular weight is 384 g/mol. The van der Waals surface area contributed by atoms with E-state index in [0.29, 0.717) is 29.5 Å². The van der Waals surface area contributed by atoms with Gasteiger partial charge in [0.25, 0.3) is 11.8 Å². The van der Waals surface area contributed by atoms with Gasteiger partial charge in [0, 0.05) is 12.1 Å². The van der Waals surface area contributed by atoms with Crippen molar-refractivity contribution >= 4 is 17.8 Å². The molecular weight excluding hydrogens is 360 g/mol. The Labute approximate surface area is 164 Å². The summed E-state index contributed by atoms with van der Waals surface area (Å²) in [4.78, 5) is 35.2. The highest BCUT2D eigenvalue weighted by atomic mass is 16.5. The number of para-hydroxylation sites is 1. The fraction of sp³-hybridized carbons (Fsp3) is 0.286. The minimum absolute atomic E-state index is 0.309. The molecule has 0 aliphatic heterocycles. The van der Waals surface area contributed by atoms with E-state index >= 15 is 0 Å². The minimum Gasteiger partial charge on any atom is -0.457 e. The number of rotatable bonds is 9. The summed E-state index contributed by atoms with van der Waals surface area (Å²) >= 11 is 0. The van der Waals surface area contributed by atoms with Gasteiger partial charge in [-0.3, -0.25) is 14.4 Å². The van der Waals surface area contributed by atoms with Gasteiger partial charge in [-0.15, -0.1) is 0 Å². The first-order valence-corrected chi connectivity index (χ1v) is 8.97. The van der Waals surface area contributed by atoms with Crippen molar-refractivity contribution in [2.75, 3.05) is 19.7 Å². The molecule has 0 saturated carbocycles. The van der Waals surface area contributed by atoms with Crippen LogP contribution in [0, 0.1) is 5.92 Å². The van der Waals surface area contributed by atoms with Crippen LogP contribution in [0.1, 0.15) is 24.2 Å². The molecule has 28 heavy (non-hydrogen) atoms. The topological polar surface area (TPSA) is 93.7 Å². The standard InChI is InChI=1S/C21H24N2O5/c1-15(2)12-22-19(24)14-27-20(25)13-23-21(26)16-8-10-18(11-9-16)28-17-6-4-3-5-7-17/h3-11,15H,12-14H2,1-2H3,(H,22,24)(H,23,26). The van der Waals surface area contributed by atoms with Gasteiger partial charge in [-0.2, -0.15) is 0 Å².